The number of fused-ring (bicyclic) bond motifs is 1. The molecule has 3 rings (SSSR count). The number of anilines is 3. The van der Waals surface area contributed by atoms with Gasteiger partial charge in [-0.3, -0.25) is 10.1 Å². The van der Waals surface area contributed by atoms with Crippen LogP contribution in [0.3, 0.4) is 0 Å². The average molecular weight is 303 g/mol. The lowest BCUT2D eigenvalue weighted by atomic mass is 10.2. The minimum atomic E-state index is -0.521. The van der Waals surface area contributed by atoms with Crippen molar-refractivity contribution in [2.24, 2.45) is 0 Å². The molecule has 0 atom stereocenters. The van der Waals surface area contributed by atoms with Gasteiger partial charge in [0.15, 0.2) is 11.5 Å². The van der Waals surface area contributed by atoms with E-state index in [0.717, 1.165) is 0 Å². The van der Waals surface area contributed by atoms with Crippen LogP contribution in [0, 0.1) is 10.1 Å². The van der Waals surface area contributed by atoms with Crippen molar-refractivity contribution in [1.29, 1.82) is 0 Å². The van der Waals surface area contributed by atoms with Crippen molar-refractivity contribution in [3.63, 3.8) is 0 Å². The van der Waals surface area contributed by atoms with Crippen LogP contribution in [0.1, 0.15) is 6.92 Å². The maximum atomic E-state index is 11.3. The van der Waals surface area contributed by atoms with Crippen LogP contribution in [0.5, 0.6) is 11.5 Å². The van der Waals surface area contributed by atoms with E-state index in [9.17, 15) is 10.1 Å². The third kappa shape index (κ3) is 2.55. The molecule has 0 saturated carbocycles. The van der Waals surface area contributed by atoms with E-state index in [2.05, 4.69) is 20.6 Å². The van der Waals surface area contributed by atoms with Crippen LogP contribution < -0.4 is 20.1 Å². The minimum Gasteiger partial charge on any atom is -0.454 e. The molecule has 1 aliphatic heterocycles. The lowest BCUT2D eigenvalue weighted by Gasteiger charge is -2.09. The molecule has 114 valence electrons. The molecule has 0 aliphatic carbocycles. The van der Waals surface area contributed by atoms with Crippen LogP contribution in [-0.4, -0.2) is 28.2 Å². The first-order valence-corrected chi connectivity index (χ1v) is 6.59. The lowest BCUT2D eigenvalue weighted by Crippen LogP contribution is -2.07. The molecule has 0 radical (unpaired) electrons. The number of aromatic nitrogens is 2. The van der Waals surface area contributed by atoms with E-state index in [1.54, 1.807) is 18.2 Å². The number of hydrogen-bond donors (Lipinski definition) is 2. The van der Waals surface area contributed by atoms with Crippen molar-refractivity contribution in [3.8, 4) is 11.5 Å². The van der Waals surface area contributed by atoms with Crippen LogP contribution >= 0.6 is 0 Å². The summed E-state index contributed by atoms with van der Waals surface area (Å²) >= 11 is 0. The SMILES string of the molecule is CCNc1ncnc(Nc2ccc3c(c2)OCO3)c1[N+](=O)[O-]. The summed E-state index contributed by atoms with van der Waals surface area (Å²) in [6.45, 7) is 2.51. The number of benzene rings is 1. The number of rotatable bonds is 5. The van der Waals surface area contributed by atoms with Crippen molar-refractivity contribution in [2.45, 2.75) is 6.92 Å². The van der Waals surface area contributed by atoms with Crippen LogP contribution in [0.4, 0.5) is 23.0 Å². The lowest BCUT2D eigenvalue weighted by molar-refractivity contribution is -0.383. The van der Waals surface area contributed by atoms with Gasteiger partial charge in [0.2, 0.25) is 18.4 Å². The van der Waals surface area contributed by atoms with Crippen molar-refractivity contribution in [3.05, 3.63) is 34.6 Å². The first kappa shape index (κ1) is 13.9. The van der Waals surface area contributed by atoms with Gasteiger partial charge < -0.3 is 20.1 Å². The molecule has 1 aliphatic rings. The van der Waals surface area contributed by atoms with E-state index < -0.39 is 4.92 Å². The van der Waals surface area contributed by atoms with Gasteiger partial charge >= 0.3 is 5.69 Å². The Morgan fingerprint density at radius 3 is 2.82 bits per heavy atom. The molecule has 1 aromatic heterocycles. The van der Waals surface area contributed by atoms with Gasteiger partial charge in [-0.2, -0.15) is 0 Å². The highest BCUT2D eigenvalue weighted by Gasteiger charge is 2.23. The molecular weight excluding hydrogens is 290 g/mol. The number of nitrogens with one attached hydrogen (secondary N) is 2. The summed E-state index contributed by atoms with van der Waals surface area (Å²) in [5.74, 6) is 1.49. The van der Waals surface area contributed by atoms with Crippen LogP contribution in [0.25, 0.3) is 0 Å². The van der Waals surface area contributed by atoms with E-state index in [1.165, 1.54) is 6.33 Å². The average Bonchev–Trinajstić information content (AvgIpc) is 2.95. The molecule has 0 spiro atoms. The summed E-state index contributed by atoms with van der Waals surface area (Å²) in [6, 6.07) is 5.15. The Morgan fingerprint density at radius 2 is 2.05 bits per heavy atom. The Kier molecular flexibility index (Phi) is 3.60. The molecule has 2 heterocycles. The van der Waals surface area contributed by atoms with Crippen LogP contribution in [0.15, 0.2) is 24.5 Å². The van der Waals surface area contributed by atoms with E-state index in [4.69, 9.17) is 9.47 Å². The number of nitrogens with zero attached hydrogens (tertiary/aromatic N) is 3. The normalized spacial score (nSPS) is 12.0. The molecular formula is C13H13N5O4. The predicted octanol–water partition coefficient (Wildman–Crippen LogP) is 2.29. The zero-order chi connectivity index (χ0) is 15.5. The summed E-state index contributed by atoms with van der Waals surface area (Å²) in [7, 11) is 0. The van der Waals surface area contributed by atoms with Gasteiger partial charge in [0.25, 0.3) is 0 Å². The first-order valence-electron chi connectivity index (χ1n) is 6.59. The van der Waals surface area contributed by atoms with Gasteiger partial charge in [-0.15, -0.1) is 0 Å². The van der Waals surface area contributed by atoms with E-state index in [-0.39, 0.29) is 24.1 Å². The zero-order valence-corrected chi connectivity index (χ0v) is 11.7. The predicted molar refractivity (Wildman–Crippen MR) is 78.7 cm³/mol. The van der Waals surface area contributed by atoms with Crippen LogP contribution in [-0.2, 0) is 0 Å². The maximum Gasteiger partial charge on any atom is 0.353 e. The fourth-order valence-electron chi connectivity index (χ4n) is 2.05. The second-order valence-corrected chi connectivity index (χ2v) is 4.40. The Hall–Kier alpha value is -3.10. The first-order chi connectivity index (χ1) is 10.7. The quantitative estimate of drug-likeness (QED) is 0.639. The summed E-state index contributed by atoms with van der Waals surface area (Å²) in [5.41, 5.74) is 0.399. The second-order valence-electron chi connectivity index (χ2n) is 4.40. The summed E-state index contributed by atoms with van der Waals surface area (Å²) in [5, 5.41) is 17.1. The molecule has 2 N–H and O–H groups in total. The Morgan fingerprint density at radius 1 is 1.27 bits per heavy atom. The smallest absolute Gasteiger partial charge is 0.353 e. The van der Waals surface area contributed by atoms with Crippen molar-refractivity contribution in [2.75, 3.05) is 24.0 Å². The number of nitro groups is 1. The van der Waals surface area contributed by atoms with Crippen molar-refractivity contribution >= 4 is 23.0 Å². The fourth-order valence-corrected chi connectivity index (χ4v) is 2.05. The third-order valence-electron chi connectivity index (χ3n) is 2.98. The Balaban J connectivity index is 1.94. The standard InChI is InChI=1S/C13H13N5O4/c1-2-14-12-11(18(19)20)13(16-6-15-12)17-8-3-4-9-10(5-8)22-7-21-9/h3-6H,2,7H2,1H3,(H2,14,15,16,17). The second kappa shape index (κ2) is 5.72. The third-order valence-corrected chi connectivity index (χ3v) is 2.98. The number of hydrogen-bond acceptors (Lipinski definition) is 8. The molecule has 2 aromatic rings. The van der Waals surface area contributed by atoms with E-state index >= 15 is 0 Å². The maximum absolute atomic E-state index is 11.3. The van der Waals surface area contributed by atoms with Crippen molar-refractivity contribution < 1.29 is 14.4 Å². The van der Waals surface area contributed by atoms with Gasteiger partial charge in [-0.25, -0.2) is 9.97 Å². The number of ether oxygens (including phenoxy) is 2. The molecule has 9 heteroatoms. The highest BCUT2D eigenvalue weighted by molar-refractivity contribution is 5.74. The Bertz CT molecular complexity index is 722. The van der Waals surface area contributed by atoms with E-state index in [0.29, 0.717) is 23.7 Å². The molecule has 0 saturated heterocycles. The molecule has 9 nitrogen and oxygen atoms in total. The van der Waals surface area contributed by atoms with Gasteiger partial charge in [-0.1, -0.05) is 0 Å². The molecule has 0 bridgehead atoms. The molecule has 22 heavy (non-hydrogen) atoms. The fraction of sp³-hybridized carbons (Fsp3) is 0.231. The molecule has 1 aromatic carbocycles. The summed E-state index contributed by atoms with van der Waals surface area (Å²) in [6.07, 6.45) is 1.26. The van der Waals surface area contributed by atoms with Crippen molar-refractivity contribution in [1.82, 2.24) is 9.97 Å². The Labute approximate surface area is 125 Å². The summed E-state index contributed by atoms with van der Waals surface area (Å²) in [4.78, 5) is 18.6. The highest BCUT2D eigenvalue weighted by atomic mass is 16.7. The topological polar surface area (TPSA) is 111 Å². The summed E-state index contributed by atoms with van der Waals surface area (Å²) < 4.78 is 10.5. The zero-order valence-electron chi connectivity index (χ0n) is 11.7. The van der Waals surface area contributed by atoms with Crippen LogP contribution in [0.2, 0.25) is 0 Å². The van der Waals surface area contributed by atoms with Gasteiger partial charge in [0.05, 0.1) is 4.92 Å². The minimum absolute atomic E-state index is 0.106. The largest absolute Gasteiger partial charge is 0.454 e. The molecule has 0 fully saturated rings. The van der Waals surface area contributed by atoms with Gasteiger partial charge in [0, 0.05) is 18.3 Å². The molecule has 0 amide bonds. The van der Waals surface area contributed by atoms with Gasteiger partial charge in [-0.05, 0) is 19.1 Å². The highest BCUT2D eigenvalue weighted by Crippen LogP contribution is 2.36. The molecule has 0 unspecified atom stereocenters. The van der Waals surface area contributed by atoms with E-state index in [1.807, 2.05) is 6.92 Å². The monoisotopic (exact) mass is 303 g/mol. The van der Waals surface area contributed by atoms with Gasteiger partial charge in [0.1, 0.15) is 6.33 Å².